The van der Waals surface area contributed by atoms with Gasteiger partial charge in [-0.1, -0.05) is 36.4 Å². The Labute approximate surface area is 240 Å². The number of hydrogen-bond acceptors (Lipinski definition) is 4. The van der Waals surface area contributed by atoms with Crippen molar-refractivity contribution in [1.82, 2.24) is 18.7 Å². The Morgan fingerprint density at radius 3 is 1.68 bits per heavy atom. The first-order valence-electron chi connectivity index (χ1n) is 13.0. The maximum Gasteiger partial charge on any atom is 0.275 e. The molecule has 5 aromatic rings. The van der Waals surface area contributed by atoms with E-state index in [0.29, 0.717) is 27.8 Å². The van der Waals surface area contributed by atoms with Gasteiger partial charge < -0.3 is 9.84 Å². The summed E-state index contributed by atoms with van der Waals surface area (Å²) in [4.78, 5) is 28.6. The van der Waals surface area contributed by atoms with Crippen molar-refractivity contribution < 1.29 is 9.84 Å². The van der Waals surface area contributed by atoms with Gasteiger partial charge in [0.05, 0.1) is 33.6 Å². The molecule has 206 valence electrons. The van der Waals surface area contributed by atoms with E-state index in [1.165, 1.54) is 0 Å². The van der Waals surface area contributed by atoms with Crippen LogP contribution in [0.4, 0.5) is 0 Å². The van der Waals surface area contributed by atoms with Gasteiger partial charge in [-0.05, 0) is 78.7 Å². The van der Waals surface area contributed by atoms with Crippen LogP contribution >= 0.6 is 15.9 Å². The number of aromatic nitrogens is 4. The van der Waals surface area contributed by atoms with E-state index >= 15 is 0 Å². The quantitative estimate of drug-likeness (QED) is 0.273. The summed E-state index contributed by atoms with van der Waals surface area (Å²) >= 11 is 3.46. The minimum absolute atomic E-state index is 0.0395. The van der Waals surface area contributed by atoms with Crippen LogP contribution in [0.2, 0.25) is 0 Å². The van der Waals surface area contributed by atoms with Gasteiger partial charge in [0.2, 0.25) is 0 Å². The molecular formula is C31H31BrN4O4. The van der Waals surface area contributed by atoms with Crippen LogP contribution in [0, 0.1) is 13.8 Å². The maximum absolute atomic E-state index is 14.3. The third kappa shape index (κ3) is 4.40. The first-order valence-corrected chi connectivity index (χ1v) is 13.8. The van der Waals surface area contributed by atoms with Gasteiger partial charge in [0.15, 0.2) is 11.5 Å². The molecule has 0 aliphatic carbocycles. The predicted octanol–water partition coefficient (Wildman–Crippen LogP) is 5.33. The van der Waals surface area contributed by atoms with Crippen molar-refractivity contribution in [2.45, 2.75) is 26.7 Å². The first kappa shape index (κ1) is 27.3. The molecule has 0 saturated carbocycles. The Morgan fingerprint density at radius 2 is 1.25 bits per heavy atom. The summed E-state index contributed by atoms with van der Waals surface area (Å²) in [6.45, 7) is 5.94. The fraction of sp³-hybridized carbons (Fsp3) is 0.226. The van der Waals surface area contributed by atoms with Crippen LogP contribution < -0.4 is 15.9 Å². The Bertz CT molecular complexity index is 1710. The number of phenolic OH excluding ortho intramolecular Hbond substituents is 1. The highest BCUT2D eigenvalue weighted by atomic mass is 79.9. The van der Waals surface area contributed by atoms with E-state index in [4.69, 9.17) is 4.74 Å². The number of phenols is 1. The highest BCUT2D eigenvalue weighted by Gasteiger charge is 2.33. The molecule has 2 aromatic heterocycles. The van der Waals surface area contributed by atoms with E-state index in [1.54, 1.807) is 21.5 Å². The zero-order valence-corrected chi connectivity index (χ0v) is 24.6. The molecule has 0 fully saturated rings. The van der Waals surface area contributed by atoms with Gasteiger partial charge in [-0.3, -0.25) is 19.0 Å². The van der Waals surface area contributed by atoms with Gasteiger partial charge in [0, 0.05) is 31.4 Å². The second-order valence-corrected chi connectivity index (χ2v) is 10.5. The summed E-state index contributed by atoms with van der Waals surface area (Å²) in [5.74, 6) is -0.517. The number of aromatic hydroxyl groups is 1. The SMILES string of the molecule is CCOc1cc(C(c2c(C)n(C)n(-c3ccccc3)c2=O)c2c(C)n(C)n(-c3ccccc3)c2=O)cc(Br)c1O. The van der Waals surface area contributed by atoms with E-state index in [1.807, 2.05) is 105 Å². The van der Waals surface area contributed by atoms with Gasteiger partial charge in [-0.25, -0.2) is 9.36 Å². The standard InChI is InChI=1S/C31H31BrN4O4/c1-6-40-25-18-21(17-24(32)29(25)37)28(26-19(2)33(4)35(30(26)38)22-13-9-7-10-14-22)27-20(3)34(5)36(31(27)39)23-15-11-8-12-16-23/h7-18,28,37H,6H2,1-5H3. The summed E-state index contributed by atoms with van der Waals surface area (Å²) in [5, 5.41) is 10.7. The molecule has 1 N–H and O–H groups in total. The topological polar surface area (TPSA) is 83.3 Å². The third-order valence-corrected chi connectivity index (χ3v) is 8.06. The summed E-state index contributed by atoms with van der Waals surface area (Å²) in [6.07, 6.45) is 0. The van der Waals surface area contributed by atoms with E-state index < -0.39 is 5.92 Å². The molecule has 0 amide bonds. The maximum atomic E-state index is 14.3. The second kappa shape index (κ2) is 10.7. The smallest absolute Gasteiger partial charge is 0.275 e. The average Bonchev–Trinajstić information content (AvgIpc) is 3.30. The van der Waals surface area contributed by atoms with Crippen LogP contribution in [-0.4, -0.2) is 30.4 Å². The highest BCUT2D eigenvalue weighted by molar-refractivity contribution is 9.10. The molecule has 40 heavy (non-hydrogen) atoms. The van der Waals surface area contributed by atoms with Crippen molar-refractivity contribution in [3.05, 3.63) is 126 Å². The molecule has 8 nitrogen and oxygen atoms in total. The molecule has 0 unspecified atom stereocenters. The third-order valence-electron chi connectivity index (χ3n) is 7.46. The Morgan fingerprint density at radius 1 is 0.800 bits per heavy atom. The van der Waals surface area contributed by atoms with E-state index in [9.17, 15) is 14.7 Å². The van der Waals surface area contributed by atoms with Crippen LogP contribution in [0.3, 0.4) is 0 Å². The lowest BCUT2D eigenvalue weighted by atomic mass is 9.85. The average molecular weight is 604 g/mol. The summed E-state index contributed by atoms with van der Waals surface area (Å²) in [6, 6.07) is 22.3. The zero-order chi connectivity index (χ0) is 28.7. The molecule has 0 aliphatic heterocycles. The monoisotopic (exact) mass is 602 g/mol. The fourth-order valence-electron chi connectivity index (χ4n) is 5.35. The number of rotatable bonds is 7. The molecule has 0 radical (unpaired) electrons. The first-order chi connectivity index (χ1) is 19.2. The Kier molecular flexibility index (Phi) is 7.33. The normalized spacial score (nSPS) is 11.4. The van der Waals surface area contributed by atoms with Crippen molar-refractivity contribution in [3.63, 3.8) is 0 Å². The van der Waals surface area contributed by atoms with Crippen LogP contribution in [0.25, 0.3) is 11.4 Å². The fourth-order valence-corrected chi connectivity index (χ4v) is 5.81. The van der Waals surface area contributed by atoms with Crippen molar-refractivity contribution in [3.8, 4) is 22.9 Å². The lowest BCUT2D eigenvalue weighted by molar-refractivity contribution is 0.317. The summed E-state index contributed by atoms with van der Waals surface area (Å²) < 4.78 is 13.0. The number of halogens is 1. The molecule has 0 bridgehead atoms. The minimum atomic E-state index is -0.747. The molecule has 9 heteroatoms. The van der Waals surface area contributed by atoms with Gasteiger partial charge in [0.1, 0.15) is 0 Å². The van der Waals surface area contributed by atoms with E-state index in [2.05, 4.69) is 15.9 Å². The Balaban J connectivity index is 1.88. The number of benzene rings is 3. The molecule has 2 heterocycles. The highest BCUT2D eigenvalue weighted by Crippen LogP contribution is 2.41. The summed E-state index contributed by atoms with van der Waals surface area (Å²) in [7, 11) is 3.67. The van der Waals surface area contributed by atoms with Crippen LogP contribution in [0.1, 0.15) is 40.9 Å². The van der Waals surface area contributed by atoms with E-state index in [0.717, 1.165) is 22.8 Å². The number of ether oxygens (including phenoxy) is 1. The lowest BCUT2D eigenvalue weighted by Gasteiger charge is -2.19. The molecule has 0 atom stereocenters. The van der Waals surface area contributed by atoms with Crippen LogP contribution in [0.15, 0.2) is 86.9 Å². The van der Waals surface area contributed by atoms with Crippen molar-refractivity contribution >= 4 is 15.9 Å². The van der Waals surface area contributed by atoms with Gasteiger partial charge in [-0.2, -0.15) is 0 Å². The molecule has 5 rings (SSSR count). The largest absolute Gasteiger partial charge is 0.503 e. The molecule has 0 spiro atoms. The number of hydrogen-bond donors (Lipinski definition) is 1. The van der Waals surface area contributed by atoms with Crippen molar-refractivity contribution in [2.24, 2.45) is 14.1 Å². The molecule has 0 saturated heterocycles. The zero-order valence-electron chi connectivity index (χ0n) is 23.1. The number of nitrogens with zero attached hydrogens (tertiary/aromatic N) is 4. The predicted molar refractivity (Wildman–Crippen MR) is 159 cm³/mol. The molecule has 0 aliphatic rings. The van der Waals surface area contributed by atoms with E-state index in [-0.39, 0.29) is 22.6 Å². The number of para-hydroxylation sites is 2. The van der Waals surface area contributed by atoms with Crippen LogP contribution in [-0.2, 0) is 14.1 Å². The van der Waals surface area contributed by atoms with Crippen LogP contribution in [0.5, 0.6) is 11.5 Å². The Hall–Kier alpha value is -4.24. The second-order valence-electron chi connectivity index (χ2n) is 9.67. The minimum Gasteiger partial charge on any atom is -0.503 e. The lowest BCUT2D eigenvalue weighted by Crippen LogP contribution is -2.26. The van der Waals surface area contributed by atoms with Crippen molar-refractivity contribution in [1.29, 1.82) is 0 Å². The summed E-state index contributed by atoms with van der Waals surface area (Å²) in [5.41, 5.74) is 4.00. The molecule has 3 aromatic carbocycles. The molecular weight excluding hydrogens is 572 g/mol. The van der Waals surface area contributed by atoms with Crippen molar-refractivity contribution in [2.75, 3.05) is 6.61 Å². The van der Waals surface area contributed by atoms with Gasteiger partial charge in [-0.15, -0.1) is 0 Å². The van der Waals surface area contributed by atoms with Gasteiger partial charge in [0.25, 0.3) is 11.1 Å². The van der Waals surface area contributed by atoms with Gasteiger partial charge >= 0.3 is 0 Å².